The Kier molecular flexibility index (Phi) is 6.95. The highest BCUT2D eigenvalue weighted by molar-refractivity contribution is 7.98. The lowest BCUT2D eigenvalue weighted by Gasteiger charge is -2.09. The minimum Gasteiger partial charge on any atom is -0.497 e. The quantitative estimate of drug-likeness (QED) is 0.434. The first-order valence-electron chi connectivity index (χ1n) is 8.85. The predicted molar refractivity (Wildman–Crippen MR) is 116 cm³/mol. The van der Waals surface area contributed by atoms with E-state index < -0.39 is 0 Å². The van der Waals surface area contributed by atoms with Crippen LogP contribution in [-0.2, 0) is 17.0 Å². The van der Waals surface area contributed by atoms with Crippen molar-refractivity contribution in [2.45, 2.75) is 24.3 Å². The van der Waals surface area contributed by atoms with Crippen LogP contribution in [-0.4, -0.2) is 23.0 Å². The van der Waals surface area contributed by atoms with Crippen molar-refractivity contribution < 1.29 is 9.53 Å². The molecule has 0 aliphatic carbocycles. The summed E-state index contributed by atoms with van der Waals surface area (Å²) < 4.78 is 5.22. The molecule has 0 unspecified atom stereocenters. The number of nitrogens with one attached hydrogen (secondary N) is 2. The monoisotopic (exact) mass is 429 g/mol. The van der Waals surface area contributed by atoms with Crippen molar-refractivity contribution in [3.8, 4) is 5.75 Å². The number of anilines is 1. The maximum Gasteiger partial charge on any atom is 0.251 e. The molecule has 0 atom stereocenters. The lowest BCUT2D eigenvalue weighted by Crippen LogP contribution is -2.18. The largest absolute Gasteiger partial charge is 0.497 e. The van der Waals surface area contributed by atoms with Crippen molar-refractivity contribution in [3.63, 3.8) is 0 Å². The number of hydrogen-bond donors (Lipinski definition) is 2. The van der Waals surface area contributed by atoms with Crippen LogP contribution >= 0.6 is 23.4 Å². The van der Waals surface area contributed by atoms with E-state index in [4.69, 9.17) is 16.3 Å². The summed E-state index contributed by atoms with van der Waals surface area (Å²) in [6.45, 7) is 1.88. The number of aryl methyl sites for hydroxylation is 1. The van der Waals surface area contributed by atoms with Crippen LogP contribution < -0.4 is 15.6 Å². The minimum absolute atomic E-state index is 0.0113. The second-order valence-electron chi connectivity index (χ2n) is 6.37. The van der Waals surface area contributed by atoms with Crippen molar-refractivity contribution in [3.05, 3.63) is 80.7 Å². The van der Waals surface area contributed by atoms with E-state index in [1.165, 1.54) is 17.8 Å². The van der Waals surface area contributed by atoms with Gasteiger partial charge >= 0.3 is 0 Å². The first kappa shape index (κ1) is 21.0. The van der Waals surface area contributed by atoms with Gasteiger partial charge in [-0.15, -0.1) is 0 Å². The number of benzene rings is 2. The van der Waals surface area contributed by atoms with Crippen molar-refractivity contribution in [2.75, 3.05) is 12.4 Å². The average Bonchev–Trinajstić information content (AvgIpc) is 2.69. The number of thioether (sulfide) groups is 1. The van der Waals surface area contributed by atoms with Crippen LogP contribution in [0, 0.1) is 6.92 Å². The van der Waals surface area contributed by atoms with Crippen LogP contribution in [0.1, 0.15) is 16.8 Å². The second kappa shape index (κ2) is 9.62. The molecule has 2 N–H and O–H groups in total. The van der Waals surface area contributed by atoms with Gasteiger partial charge < -0.3 is 15.0 Å². The molecule has 3 aromatic rings. The van der Waals surface area contributed by atoms with Gasteiger partial charge in [0.1, 0.15) is 5.75 Å². The SMILES string of the molecule is COc1cccc(CSc2nc(CC(=O)Nc3cc(Cl)ccc3C)cc(=O)[nH]2)c1. The van der Waals surface area contributed by atoms with E-state index in [0.29, 0.717) is 27.3 Å². The molecule has 29 heavy (non-hydrogen) atoms. The smallest absolute Gasteiger partial charge is 0.251 e. The molecule has 0 aliphatic heterocycles. The highest BCUT2D eigenvalue weighted by Gasteiger charge is 2.10. The summed E-state index contributed by atoms with van der Waals surface area (Å²) >= 11 is 7.37. The molecule has 1 amide bonds. The van der Waals surface area contributed by atoms with E-state index in [2.05, 4.69) is 15.3 Å². The fourth-order valence-electron chi connectivity index (χ4n) is 2.64. The molecule has 0 radical (unpaired) electrons. The van der Waals surface area contributed by atoms with Gasteiger partial charge in [0.25, 0.3) is 5.56 Å². The summed E-state index contributed by atoms with van der Waals surface area (Å²) in [5.74, 6) is 1.11. The summed E-state index contributed by atoms with van der Waals surface area (Å²) in [4.78, 5) is 31.5. The minimum atomic E-state index is -0.296. The van der Waals surface area contributed by atoms with Gasteiger partial charge in [-0.2, -0.15) is 0 Å². The molecule has 2 aromatic carbocycles. The van der Waals surface area contributed by atoms with E-state index in [-0.39, 0.29) is 17.9 Å². The number of rotatable bonds is 7. The zero-order valence-electron chi connectivity index (χ0n) is 16.0. The van der Waals surface area contributed by atoms with E-state index >= 15 is 0 Å². The third kappa shape index (κ3) is 6.10. The number of ether oxygens (including phenoxy) is 1. The highest BCUT2D eigenvalue weighted by Crippen LogP contribution is 2.22. The number of carbonyl (C=O) groups is 1. The predicted octanol–water partition coefficient (Wildman–Crippen LogP) is 4.21. The van der Waals surface area contributed by atoms with Gasteiger partial charge in [0.2, 0.25) is 5.91 Å². The molecule has 0 spiro atoms. The molecule has 0 aliphatic rings. The van der Waals surface area contributed by atoms with Crippen LogP contribution in [0.5, 0.6) is 5.75 Å². The van der Waals surface area contributed by atoms with Crippen LogP contribution in [0.2, 0.25) is 5.02 Å². The molecule has 0 bridgehead atoms. The first-order chi connectivity index (χ1) is 13.9. The molecule has 8 heteroatoms. The molecule has 3 rings (SSSR count). The molecule has 150 valence electrons. The van der Waals surface area contributed by atoms with Gasteiger partial charge in [-0.25, -0.2) is 4.98 Å². The Labute approximate surface area is 177 Å². The summed E-state index contributed by atoms with van der Waals surface area (Å²) in [6, 6.07) is 14.3. The Hall–Kier alpha value is -2.77. The fourth-order valence-corrected chi connectivity index (χ4v) is 3.65. The van der Waals surface area contributed by atoms with Crippen molar-refractivity contribution >= 4 is 35.0 Å². The fraction of sp³-hybridized carbons (Fsp3) is 0.190. The molecule has 0 saturated heterocycles. The summed E-state index contributed by atoms with van der Waals surface area (Å²) in [5.41, 5.74) is 2.68. The molecular formula is C21H20ClN3O3S. The number of aromatic amines is 1. The van der Waals surface area contributed by atoms with E-state index in [0.717, 1.165) is 16.9 Å². The van der Waals surface area contributed by atoms with Crippen LogP contribution in [0.15, 0.2) is 58.5 Å². The average molecular weight is 430 g/mol. The summed E-state index contributed by atoms with van der Waals surface area (Å²) in [6.07, 6.45) is -0.0113. The van der Waals surface area contributed by atoms with Gasteiger partial charge in [-0.05, 0) is 42.3 Å². The number of H-pyrrole nitrogens is 1. The maximum atomic E-state index is 12.4. The zero-order valence-corrected chi connectivity index (χ0v) is 17.6. The van der Waals surface area contributed by atoms with Gasteiger partial charge in [0.15, 0.2) is 5.16 Å². The number of nitrogens with zero attached hydrogens (tertiary/aromatic N) is 1. The van der Waals surface area contributed by atoms with Crippen LogP contribution in [0.25, 0.3) is 0 Å². The van der Waals surface area contributed by atoms with Crippen LogP contribution in [0.4, 0.5) is 5.69 Å². The molecular weight excluding hydrogens is 410 g/mol. The van der Waals surface area contributed by atoms with Gasteiger partial charge in [0.05, 0.1) is 19.2 Å². The number of carbonyl (C=O) groups excluding carboxylic acids is 1. The Morgan fingerprint density at radius 2 is 2.07 bits per heavy atom. The summed E-state index contributed by atoms with van der Waals surface area (Å²) in [5, 5.41) is 3.81. The van der Waals surface area contributed by atoms with E-state index in [1.54, 1.807) is 19.2 Å². The highest BCUT2D eigenvalue weighted by atomic mass is 35.5. The van der Waals surface area contributed by atoms with Crippen molar-refractivity contribution in [2.24, 2.45) is 0 Å². The molecule has 0 saturated carbocycles. The summed E-state index contributed by atoms with van der Waals surface area (Å²) in [7, 11) is 1.62. The number of amides is 1. The van der Waals surface area contributed by atoms with E-state index in [1.807, 2.05) is 37.3 Å². The third-order valence-electron chi connectivity index (χ3n) is 4.10. The molecule has 0 fully saturated rings. The van der Waals surface area contributed by atoms with Crippen LogP contribution in [0.3, 0.4) is 0 Å². The number of aromatic nitrogens is 2. The van der Waals surface area contributed by atoms with Gasteiger partial charge in [-0.3, -0.25) is 9.59 Å². The molecule has 6 nitrogen and oxygen atoms in total. The topological polar surface area (TPSA) is 84.1 Å². The van der Waals surface area contributed by atoms with Gasteiger partial charge in [-0.1, -0.05) is 41.6 Å². The Bertz CT molecular complexity index is 1080. The zero-order chi connectivity index (χ0) is 20.8. The normalized spacial score (nSPS) is 10.6. The number of halogens is 1. The first-order valence-corrected chi connectivity index (χ1v) is 10.2. The Morgan fingerprint density at radius 3 is 2.86 bits per heavy atom. The third-order valence-corrected chi connectivity index (χ3v) is 5.28. The Balaban J connectivity index is 1.67. The lowest BCUT2D eigenvalue weighted by molar-refractivity contribution is -0.115. The maximum absolute atomic E-state index is 12.4. The standard InChI is InChI=1S/C21H20ClN3O3S/c1-13-6-7-15(22)9-18(13)24-19(26)10-16-11-20(27)25-21(23-16)29-12-14-4-3-5-17(8-14)28-2/h3-9,11H,10,12H2,1-2H3,(H,24,26)(H,23,25,27). The lowest BCUT2D eigenvalue weighted by atomic mass is 10.2. The van der Waals surface area contributed by atoms with Gasteiger partial charge in [0, 0.05) is 22.5 Å². The number of hydrogen-bond acceptors (Lipinski definition) is 5. The van der Waals surface area contributed by atoms with Crippen molar-refractivity contribution in [1.82, 2.24) is 9.97 Å². The van der Waals surface area contributed by atoms with E-state index in [9.17, 15) is 9.59 Å². The Morgan fingerprint density at radius 1 is 1.24 bits per heavy atom. The molecule has 1 aromatic heterocycles. The van der Waals surface area contributed by atoms with Crippen molar-refractivity contribution in [1.29, 1.82) is 0 Å². The molecule has 1 heterocycles. The second-order valence-corrected chi connectivity index (χ2v) is 7.77. The number of methoxy groups -OCH3 is 1.